The lowest BCUT2D eigenvalue weighted by atomic mass is 10.1. The van der Waals surface area contributed by atoms with Crippen LogP contribution in [-0.2, 0) is 6.18 Å². The maximum absolute atomic E-state index is 12.5. The van der Waals surface area contributed by atoms with E-state index in [1.807, 2.05) is 0 Å². The first kappa shape index (κ1) is 13.0. The minimum absolute atomic E-state index is 0.300. The van der Waals surface area contributed by atoms with Gasteiger partial charge in [-0.1, -0.05) is 11.6 Å². The van der Waals surface area contributed by atoms with Gasteiger partial charge in [0.1, 0.15) is 11.3 Å². The minimum Gasteiger partial charge on any atom is -0.434 e. The first-order valence-corrected chi connectivity index (χ1v) is 4.41. The summed E-state index contributed by atoms with van der Waals surface area (Å²) in [4.78, 5) is 0. The Morgan fingerprint density at radius 1 is 1.25 bits per heavy atom. The fourth-order valence-electron chi connectivity index (χ4n) is 1.17. The normalized spacial score (nSPS) is 12.0. The lowest BCUT2D eigenvalue weighted by Crippen LogP contribution is -2.12. The van der Waals surface area contributed by atoms with Crippen molar-refractivity contribution in [1.82, 2.24) is 0 Å². The molecular formula is C9H6ClF5O. The molecule has 0 radical (unpaired) electrons. The average Bonchev–Trinajstić information content (AvgIpc) is 1.96. The van der Waals surface area contributed by atoms with Crippen LogP contribution in [0.4, 0.5) is 22.0 Å². The number of ether oxygens (including phenoxy) is 1. The van der Waals surface area contributed by atoms with E-state index >= 15 is 0 Å². The van der Waals surface area contributed by atoms with Crippen molar-refractivity contribution in [2.24, 2.45) is 0 Å². The number of benzene rings is 1. The smallest absolute Gasteiger partial charge is 0.421 e. The van der Waals surface area contributed by atoms with Gasteiger partial charge in [0.05, 0.1) is 5.02 Å². The quantitative estimate of drug-likeness (QED) is 0.722. The Labute approximate surface area is 92.8 Å². The summed E-state index contributed by atoms with van der Waals surface area (Å²) in [5.74, 6) is -0.965. The summed E-state index contributed by atoms with van der Waals surface area (Å²) in [5, 5.41) is -0.664. The zero-order valence-corrected chi connectivity index (χ0v) is 8.66. The first-order valence-electron chi connectivity index (χ1n) is 4.04. The number of aryl methyl sites for hydroxylation is 1. The Hall–Kier alpha value is -1.04. The molecule has 0 amide bonds. The van der Waals surface area contributed by atoms with Gasteiger partial charge in [-0.25, -0.2) is 0 Å². The summed E-state index contributed by atoms with van der Waals surface area (Å²) in [6.07, 6.45) is -4.84. The number of rotatable bonds is 2. The van der Waals surface area contributed by atoms with Crippen LogP contribution in [0, 0.1) is 6.92 Å². The molecule has 0 fully saturated rings. The van der Waals surface area contributed by atoms with Gasteiger partial charge in [-0.3, -0.25) is 0 Å². The summed E-state index contributed by atoms with van der Waals surface area (Å²) in [6, 6.07) is 1.89. The van der Waals surface area contributed by atoms with E-state index < -0.39 is 29.1 Å². The lowest BCUT2D eigenvalue weighted by molar-refractivity contribution is -0.141. The van der Waals surface area contributed by atoms with Crippen molar-refractivity contribution in [3.8, 4) is 5.75 Å². The van der Waals surface area contributed by atoms with E-state index in [1.165, 1.54) is 6.92 Å². The van der Waals surface area contributed by atoms with Crippen molar-refractivity contribution in [2.75, 3.05) is 0 Å². The average molecular weight is 261 g/mol. The highest BCUT2D eigenvalue weighted by molar-refractivity contribution is 6.31. The zero-order valence-electron chi connectivity index (χ0n) is 7.91. The van der Waals surface area contributed by atoms with Crippen LogP contribution in [0.5, 0.6) is 5.75 Å². The summed E-state index contributed by atoms with van der Waals surface area (Å²) in [6.45, 7) is -1.91. The molecule has 0 bridgehead atoms. The molecule has 0 saturated carbocycles. The Morgan fingerprint density at radius 3 is 2.25 bits per heavy atom. The Bertz CT molecular complexity index is 388. The molecule has 0 heterocycles. The Morgan fingerprint density at radius 2 is 1.81 bits per heavy atom. The molecular weight excluding hydrogens is 255 g/mol. The van der Waals surface area contributed by atoms with Crippen LogP contribution in [0.1, 0.15) is 11.1 Å². The highest BCUT2D eigenvalue weighted by atomic mass is 35.5. The van der Waals surface area contributed by atoms with Crippen LogP contribution in [0.3, 0.4) is 0 Å². The van der Waals surface area contributed by atoms with E-state index in [9.17, 15) is 22.0 Å². The number of alkyl halides is 5. The standard InChI is InChI=1S/C9H6ClF5O/c1-4-2-5(10)7(9(13,14)15)6(3-4)16-8(11)12/h2-3,8H,1H3. The topological polar surface area (TPSA) is 9.23 Å². The highest BCUT2D eigenvalue weighted by Gasteiger charge is 2.37. The van der Waals surface area contributed by atoms with E-state index in [2.05, 4.69) is 4.74 Å². The fourth-order valence-corrected chi connectivity index (χ4v) is 1.55. The zero-order chi connectivity index (χ0) is 12.5. The van der Waals surface area contributed by atoms with E-state index in [4.69, 9.17) is 11.6 Å². The summed E-state index contributed by atoms with van der Waals surface area (Å²) >= 11 is 5.36. The van der Waals surface area contributed by atoms with Gasteiger partial charge in [-0.15, -0.1) is 0 Å². The van der Waals surface area contributed by atoms with Crippen molar-refractivity contribution < 1.29 is 26.7 Å². The monoisotopic (exact) mass is 260 g/mol. The van der Waals surface area contributed by atoms with Gasteiger partial charge in [-0.05, 0) is 24.6 Å². The van der Waals surface area contributed by atoms with E-state index in [0.29, 0.717) is 5.56 Å². The third-order valence-corrected chi connectivity index (χ3v) is 2.00. The van der Waals surface area contributed by atoms with Crippen molar-refractivity contribution in [2.45, 2.75) is 19.7 Å². The van der Waals surface area contributed by atoms with Gasteiger partial charge in [0.15, 0.2) is 0 Å². The highest BCUT2D eigenvalue weighted by Crippen LogP contribution is 2.42. The summed E-state index contributed by atoms with van der Waals surface area (Å²) < 4.78 is 65.1. The van der Waals surface area contributed by atoms with Crippen LogP contribution >= 0.6 is 11.6 Å². The SMILES string of the molecule is Cc1cc(Cl)c(C(F)(F)F)c(OC(F)F)c1. The van der Waals surface area contributed by atoms with Crippen molar-refractivity contribution in [3.63, 3.8) is 0 Å². The molecule has 0 unspecified atom stereocenters. The lowest BCUT2D eigenvalue weighted by Gasteiger charge is -2.15. The maximum Gasteiger partial charge on any atom is 0.421 e. The molecule has 0 aliphatic carbocycles. The predicted octanol–water partition coefficient (Wildman–Crippen LogP) is 4.27. The fraction of sp³-hybridized carbons (Fsp3) is 0.333. The molecule has 16 heavy (non-hydrogen) atoms. The first-order chi connectivity index (χ1) is 7.21. The Kier molecular flexibility index (Phi) is 3.62. The summed E-state index contributed by atoms with van der Waals surface area (Å²) in [5.41, 5.74) is -1.09. The second-order valence-corrected chi connectivity index (χ2v) is 3.40. The predicted molar refractivity (Wildman–Crippen MR) is 47.8 cm³/mol. The van der Waals surface area contributed by atoms with Gasteiger partial charge in [0.25, 0.3) is 0 Å². The summed E-state index contributed by atoms with van der Waals surface area (Å²) in [7, 11) is 0. The van der Waals surface area contributed by atoms with Gasteiger partial charge < -0.3 is 4.74 Å². The second kappa shape index (κ2) is 4.45. The molecule has 1 nitrogen and oxygen atoms in total. The molecule has 0 spiro atoms. The molecule has 0 aliphatic rings. The van der Waals surface area contributed by atoms with Crippen LogP contribution in [0.15, 0.2) is 12.1 Å². The number of halogens is 6. The van der Waals surface area contributed by atoms with E-state index in [-0.39, 0.29) is 0 Å². The molecule has 0 saturated heterocycles. The van der Waals surface area contributed by atoms with Crippen molar-refractivity contribution >= 4 is 11.6 Å². The van der Waals surface area contributed by atoms with E-state index in [0.717, 1.165) is 12.1 Å². The molecule has 0 N–H and O–H groups in total. The molecule has 1 rings (SSSR count). The molecule has 90 valence electrons. The number of hydrogen-bond acceptors (Lipinski definition) is 1. The molecule has 1 aromatic rings. The van der Waals surface area contributed by atoms with Crippen LogP contribution in [0.25, 0.3) is 0 Å². The second-order valence-electron chi connectivity index (χ2n) is 3.00. The molecule has 0 atom stereocenters. The van der Waals surface area contributed by atoms with Gasteiger partial charge in [-0.2, -0.15) is 22.0 Å². The van der Waals surface area contributed by atoms with Crippen molar-refractivity contribution in [1.29, 1.82) is 0 Å². The third kappa shape index (κ3) is 2.98. The molecule has 1 aromatic carbocycles. The van der Waals surface area contributed by atoms with Crippen LogP contribution in [0.2, 0.25) is 5.02 Å². The molecule has 7 heteroatoms. The van der Waals surface area contributed by atoms with Gasteiger partial charge >= 0.3 is 12.8 Å². The molecule has 0 aromatic heterocycles. The molecule has 0 aliphatic heterocycles. The van der Waals surface area contributed by atoms with Gasteiger partial charge in [0, 0.05) is 0 Å². The third-order valence-electron chi connectivity index (χ3n) is 1.70. The van der Waals surface area contributed by atoms with Crippen LogP contribution in [-0.4, -0.2) is 6.61 Å². The van der Waals surface area contributed by atoms with Gasteiger partial charge in [0.2, 0.25) is 0 Å². The number of hydrogen-bond donors (Lipinski definition) is 0. The maximum atomic E-state index is 12.5. The van der Waals surface area contributed by atoms with E-state index in [1.54, 1.807) is 0 Å². The largest absolute Gasteiger partial charge is 0.434 e. The minimum atomic E-state index is -4.84. The van der Waals surface area contributed by atoms with Crippen molar-refractivity contribution in [3.05, 3.63) is 28.3 Å². The Balaban J connectivity index is 3.33. The van der Waals surface area contributed by atoms with Crippen LogP contribution < -0.4 is 4.74 Å².